The molecule has 128 valence electrons. The van der Waals surface area contributed by atoms with Gasteiger partial charge in [-0.1, -0.05) is 30.7 Å². The summed E-state index contributed by atoms with van der Waals surface area (Å²) in [5.41, 5.74) is 2.56. The Balaban J connectivity index is 2.28. The molecule has 0 unspecified atom stereocenters. The van der Waals surface area contributed by atoms with Gasteiger partial charge >= 0.3 is 0 Å². The molecule has 0 saturated heterocycles. The average Bonchev–Trinajstić information content (AvgIpc) is 2.55. The largest absolute Gasteiger partial charge is 0.352 e. The molecule has 5 nitrogen and oxygen atoms in total. The van der Waals surface area contributed by atoms with Crippen LogP contribution in [0, 0.1) is 13.8 Å². The maximum atomic E-state index is 12.5. The molecule has 0 radical (unpaired) electrons. The Morgan fingerprint density at radius 1 is 1.04 bits per heavy atom. The molecule has 0 spiro atoms. The molecule has 0 heterocycles. The molecule has 6 heteroatoms. The van der Waals surface area contributed by atoms with Gasteiger partial charge in [-0.25, -0.2) is 8.42 Å². The van der Waals surface area contributed by atoms with Gasteiger partial charge in [-0.3, -0.25) is 9.52 Å². The van der Waals surface area contributed by atoms with Gasteiger partial charge < -0.3 is 5.32 Å². The fourth-order valence-corrected chi connectivity index (χ4v) is 3.26. The first-order valence-electron chi connectivity index (χ1n) is 7.82. The van der Waals surface area contributed by atoms with Crippen LogP contribution in [0.4, 0.5) is 5.69 Å². The number of hydrogen-bond donors (Lipinski definition) is 2. The number of sulfonamides is 1. The van der Waals surface area contributed by atoms with Crippen molar-refractivity contribution < 1.29 is 13.2 Å². The molecule has 0 atom stereocenters. The maximum absolute atomic E-state index is 12.5. The Hall–Kier alpha value is -2.34. The minimum Gasteiger partial charge on any atom is -0.352 e. The molecular weight excluding hydrogens is 324 g/mol. The van der Waals surface area contributed by atoms with Crippen LogP contribution in [0.2, 0.25) is 0 Å². The molecule has 2 aromatic carbocycles. The normalized spacial score (nSPS) is 11.1. The van der Waals surface area contributed by atoms with Crippen molar-refractivity contribution in [3.05, 3.63) is 59.2 Å². The zero-order valence-corrected chi connectivity index (χ0v) is 14.9. The zero-order valence-electron chi connectivity index (χ0n) is 14.1. The SMILES string of the molecule is CCCNC(=O)c1ccc(C)c(NS(=O)(=O)c2ccc(C)cc2)c1. The predicted octanol–water partition coefficient (Wildman–Crippen LogP) is 3.24. The first kappa shape index (κ1) is 18.0. The topological polar surface area (TPSA) is 75.3 Å². The Kier molecular flexibility index (Phi) is 5.62. The number of hydrogen-bond acceptors (Lipinski definition) is 3. The van der Waals surface area contributed by atoms with E-state index in [0.717, 1.165) is 17.5 Å². The van der Waals surface area contributed by atoms with E-state index in [9.17, 15) is 13.2 Å². The van der Waals surface area contributed by atoms with Crippen LogP contribution in [0.3, 0.4) is 0 Å². The van der Waals surface area contributed by atoms with Crippen molar-refractivity contribution in [2.24, 2.45) is 0 Å². The van der Waals surface area contributed by atoms with E-state index in [2.05, 4.69) is 10.0 Å². The van der Waals surface area contributed by atoms with Crippen LogP contribution in [0.1, 0.15) is 34.8 Å². The molecule has 0 bridgehead atoms. The lowest BCUT2D eigenvalue weighted by Gasteiger charge is -2.12. The highest BCUT2D eigenvalue weighted by Gasteiger charge is 2.16. The van der Waals surface area contributed by atoms with Gasteiger partial charge in [0.15, 0.2) is 0 Å². The highest BCUT2D eigenvalue weighted by atomic mass is 32.2. The lowest BCUT2D eigenvalue weighted by molar-refractivity contribution is 0.0953. The van der Waals surface area contributed by atoms with E-state index in [1.54, 1.807) is 49.4 Å². The van der Waals surface area contributed by atoms with E-state index in [0.29, 0.717) is 17.8 Å². The summed E-state index contributed by atoms with van der Waals surface area (Å²) in [6, 6.07) is 11.6. The van der Waals surface area contributed by atoms with Crippen LogP contribution in [-0.4, -0.2) is 20.9 Å². The van der Waals surface area contributed by atoms with Crippen LogP contribution in [-0.2, 0) is 10.0 Å². The highest BCUT2D eigenvalue weighted by molar-refractivity contribution is 7.92. The smallest absolute Gasteiger partial charge is 0.261 e. The van der Waals surface area contributed by atoms with Gasteiger partial charge in [0.25, 0.3) is 15.9 Å². The van der Waals surface area contributed by atoms with E-state index >= 15 is 0 Å². The van der Waals surface area contributed by atoms with Crippen molar-refractivity contribution in [2.75, 3.05) is 11.3 Å². The van der Waals surface area contributed by atoms with Crippen molar-refractivity contribution in [3.63, 3.8) is 0 Å². The van der Waals surface area contributed by atoms with Gasteiger partial charge in [0.1, 0.15) is 0 Å². The number of benzene rings is 2. The van der Waals surface area contributed by atoms with E-state index in [1.165, 1.54) is 0 Å². The van der Waals surface area contributed by atoms with Crippen molar-refractivity contribution in [1.82, 2.24) is 5.32 Å². The van der Waals surface area contributed by atoms with E-state index in [-0.39, 0.29) is 10.8 Å². The second-order valence-electron chi connectivity index (χ2n) is 5.70. The summed E-state index contributed by atoms with van der Waals surface area (Å²) in [5, 5.41) is 2.78. The summed E-state index contributed by atoms with van der Waals surface area (Å²) in [6.45, 7) is 6.24. The van der Waals surface area contributed by atoms with Crippen molar-refractivity contribution >= 4 is 21.6 Å². The second kappa shape index (κ2) is 7.49. The highest BCUT2D eigenvalue weighted by Crippen LogP contribution is 2.21. The molecule has 0 aromatic heterocycles. The number of aryl methyl sites for hydroxylation is 2. The maximum Gasteiger partial charge on any atom is 0.261 e. The Labute approximate surface area is 143 Å². The third-order valence-corrected chi connectivity index (χ3v) is 4.99. The standard InChI is InChI=1S/C18H22N2O3S/c1-4-11-19-18(21)15-8-7-14(3)17(12-15)20-24(22,23)16-9-5-13(2)6-10-16/h5-10,12,20H,4,11H2,1-3H3,(H,19,21). The Morgan fingerprint density at radius 2 is 1.71 bits per heavy atom. The molecule has 2 aromatic rings. The summed E-state index contributed by atoms with van der Waals surface area (Å²) in [4.78, 5) is 12.2. The number of nitrogens with one attached hydrogen (secondary N) is 2. The summed E-state index contributed by atoms with van der Waals surface area (Å²) in [5.74, 6) is -0.215. The molecule has 2 N–H and O–H groups in total. The first-order valence-corrected chi connectivity index (χ1v) is 9.30. The Bertz CT molecular complexity index is 828. The van der Waals surface area contributed by atoms with Gasteiger partial charge in [-0.05, 0) is 50.1 Å². The minimum atomic E-state index is -3.69. The third kappa shape index (κ3) is 4.35. The number of carbonyl (C=O) groups excluding carboxylic acids is 1. The van der Waals surface area contributed by atoms with Crippen molar-refractivity contribution in [1.29, 1.82) is 0 Å². The molecule has 0 saturated carbocycles. The molecule has 2 rings (SSSR count). The van der Waals surface area contributed by atoms with Gasteiger partial charge in [-0.15, -0.1) is 0 Å². The quantitative estimate of drug-likeness (QED) is 0.843. The van der Waals surface area contributed by atoms with Crippen LogP contribution >= 0.6 is 0 Å². The fraction of sp³-hybridized carbons (Fsp3) is 0.278. The zero-order chi connectivity index (χ0) is 17.7. The average molecular weight is 346 g/mol. The number of rotatable bonds is 6. The van der Waals surface area contributed by atoms with Crippen molar-refractivity contribution in [2.45, 2.75) is 32.1 Å². The van der Waals surface area contributed by atoms with E-state index < -0.39 is 10.0 Å². The van der Waals surface area contributed by atoms with Gasteiger partial charge in [0.05, 0.1) is 10.6 Å². The minimum absolute atomic E-state index is 0.188. The van der Waals surface area contributed by atoms with Crippen molar-refractivity contribution in [3.8, 4) is 0 Å². The van der Waals surface area contributed by atoms with Gasteiger partial charge in [0.2, 0.25) is 0 Å². The fourth-order valence-electron chi connectivity index (χ4n) is 2.13. The summed E-state index contributed by atoms with van der Waals surface area (Å²) >= 11 is 0. The molecule has 24 heavy (non-hydrogen) atoms. The monoisotopic (exact) mass is 346 g/mol. The summed E-state index contributed by atoms with van der Waals surface area (Å²) in [7, 11) is -3.69. The van der Waals surface area contributed by atoms with Crippen LogP contribution < -0.4 is 10.0 Å². The van der Waals surface area contributed by atoms with Crippen LogP contribution in [0.5, 0.6) is 0 Å². The molecule has 0 aliphatic rings. The first-order chi connectivity index (χ1) is 11.3. The predicted molar refractivity (Wildman–Crippen MR) is 95.8 cm³/mol. The number of anilines is 1. The summed E-state index contributed by atoms with van der Waals surface area (Å²) in [6.07, 6.45) is 0.838. The number of carbonyl (C=O) groups is 1. The lowest BCUT2D eigenvalue weighted by Crippen LogP contribution is -2.24. The molecule has 1 amide bonds. The molecular formula is C18H22N2O3S. The number of amides is 1. The lowest BCUT2D eigenvalue weighted by atomic mass is 10.1. The molecule has 0 aliphatic carbocycles. The van der Waals surface area contributed by atoms with Crippen LogP contribution in [0.25, 0.3) is 0 Å². The van der Waals surface area contributed by atoms with E-state index in [1.807, 2.05) is 13.8 Å². The molecule has 0 fully saturated rings. The second-order valence-corrected chi connectivity index (χ2v) is 7.39. The van der Waals surface area contributed by atoms with E-state index in [4.69, 9.17) is 0 Å². The molecule has 0 aliphatic heterocycles. The Morgan fingerprint density at radius 3 is 2.33 bits per heavy atom. The van der Waals surface area contributed by atoms with Gasteiger partial charge in [-0.2, -0.15) is 0 Å². The van der Waals surface area contributed by atoms with Crippen LogP contribution in [0.15, 0.2) is 47.4 Å². The van der Waals surface area contributed by atoms with Gasteiger partial charge in [0, 0.05) is 12.1 Å². The summed E-state index contributed by atoms with van der Waals surface area (Å²) < 4.78 is 27.6. The third-order valence-electron chi connectivity index (χ3n) is 3.61.